The molecule has 0 fully saturated rings. The summed E-state index contributed by atoms with van der Waals surface area (Å²) in [5, 5.41) is 5.90. The van der Waals surface area contributed by atoms with E-state index in [2.05, 4.69) is 24.5 Å². The second-order valence-electron chi connectivity index (χ2n) is 7.56. The maximum absolute atomic E-state index is 13.0. The van der Waals surface area contributed by atoms with Gasteiger partial charge in [-0.25, -0.2) is 0 Å². The first-order chi connectivity index (χ1) is 13.8. The van der Waals surface area contributed by atoms with Crippen LogP contribution >= 0.6 is 0 Å². The lowest BCUT2D eigenvalue weighted by Crippen LogP contribution is -2.45. The number of nitrogens with one attached hydrogen (secondary N) is 2. The summed E-state index contributed by atoms with van der Waals surface area (Å²) in [5.41, 5.74) is 2.81. The second kappa shape index (κ2) is 10.1. The number of benzene rings is 2. The van der Waals surface area contributed by atoms with Gasteiger partial charge in [0.05, 0.1) is 7.11 Å². The molecule has 2 N–H and O–H groups in total. The SMILES string of the molecule is CCc1cccc(CC)c1NC(=O)C(C)(C)C(=O)NCCc1ccccc1OC. The number of para-hydroxylation sites is 2. The molecule has 0 saturated heterocycles. The summed E-state index contributed by atoms with van der Waals surface area (Å²) < 4.78 is 5.34. The molecule has 156 valence electrons. The third-order valence-electron chi connectivity index (χ3n) is 5.25. The zero-order valence-corrected chi connectivity index (χ0v) is 18.1. The van der Waals surface area contributed by atoms with Crippen LogP contribution in [0.4, 0.5) is 5.69 Å². The van der Waals surface area contributed by atoms with E-state index >= 15 is 0 Å². The van der Waals surface area contributed by atoms with E-state index in [1.807, 2.05) is 42.5 Å². The van der Waals surface area contributed by atoms with Gasteiger partial charge in [-0.05, 0) is 55.9 Å². The lowest BCUT2D eigenvalue weighted by Gasteiger charge is -2.24. The molecule has 29 heavy (non-hydrogen) atoms. The largest absolute Gasteiger partial charge is 0.496 e. The number of ether oxygens (including phenoxy) is 1. The molecule has 0 unspecified atom stereocenters. The van der Waals surface area contributed by atoms with E-state index < -0.39 is 5.41 Å². The molecular weight excluding hydrogens is 364 g/mol. The number of amides is 2. The molecule has 0 spiro atoms. The van der Waals surface area contributed by atoms with Crippen molar-refractivity contribution in [1.29, 1.82) is 0 Å². The maximum Gasteiger partial charge on any atom is 0.239 e. The van der Waals surface area contributed by atoms with Gasteiger partial charge in [-0.2, -0.15) is 0 Å². The molecule has 0 saturated carbocycles. The molecular formula is C24H32N2O3. The van der Waals surface area contributed by atoms with Crippen LogP contribution in [0.5, 0.6) is 5.75 Å². The fraction of sp³-hybridized carbons (Fsp3) is 0.417. The Morgan fingerprint density at radius 2 is 1.48 bits per heavy atom. The Hall–Kier alpha value is -2.82. The second-order valence-corrected chi connectivity index (χ2v) is 7.56. The summed E-state index contributed by atoms with van der Waals surface area (Å²) >= 11 is 0. The van der Waals surface area contributed by atoms with E-state index in [-0.39, 0.29) is 11.8 Å². The van der Waals surface area contributed by atoms with E-state index in [0.717, 1.165) is 41.0 Å². The fourth-order valence-electron chi connectivity index (χ4n) is 3.22. The van der Waals surface area contributed by atoms with Crippen molar-refractivity contribution >= 4 is 17.5 Å². The van der Waals surface area contributed by atoms with Crippen molar-refractivity contribution in [1.82, 2.24) is 5.32 Å². The molecule has 0 aliphatic rings. The molecule has 5 nitrogen and oxygen atoms in total. The smallest absolute Gasteiger partial charge is 0.239 e. The topological polar surface area (TPSA) is 67.4 Å². The van der Waals surface area contributed by atoms with Crippen LogP contribution in [0.2, 0.25) is 0 Å². The number of anilines is 1. The number of hydrogen-bond donors (Lipinski definition) is 2. The molecule has 2 aromatic carbocycles. The lowest BCUT2D eigenvalue weighted by molar-refractivity contribution is -0.138. The first-order valence-electron chi connectivity index (χ1n) is 10.2. The van der Waals surface area contributed by atoms with Gasteiger partial charge in [-0.3, -0.25) is 9.59 Å². The van der Waals surface area contributed by atoms with Gasteiger partial charge >= 0.3 is 0 Å². The number of rotatable bonds is 9. The molecule has 0 bridgehead atoms. The highest BCUT2D eigenvalue weighted by atomic mass is 16.5. The van der Waals surface area contributed by atoms with Gasteiger partial charge in [0.2, 0.25) is 11.8 Å². The van der Waals surface area contributed by atoms with Crippen molar-refractivity contribution in [3.63, 3.8) is 0 Å². The minimum absolute atomic E-state index is 0.295. The molecule has 0 aliphatic carbocycles. The van der Waals surface area contributed by atoms with E-state index in [0.29, 0.717) is 13.0 Å². The highest BCUT2D eigenvalue weighted by molar-refractivity contribution is 6.10. The summed E-state index contributed by atoms with van der Waals surface area (Å²) in [6, 6.07) is 13.7. The van der Waals surface area contributed by atoms with Crippen LogP contribution in [0.1, 0.15) is 44.4 Å². The Balaban J connectivity index is 2.04. The lowest BCUT2D eigenvalue weighted by atomic mass is 9.90. The Morgan fingerprint density at radius 3 is 2.07 bits per heavy atom. The zero-order valence-electron chi connectivity index (χ0n) is 18.1. The van der Waals surface area contributed by atoms with E-state index in [1.54, 1.807) is 21.0 Å². The van der Waals surface area contributed by atoms with Crippen LogP contribution in [0.3, 0.4) is 0 Å². The van der Waals surface area contributed by atoms with Crippen LogP contribution in [0.25, 0.3) is 0 Å². The van der Waals surface area contributed by atoms with Gasteiger partial charge in [0.25, 0.3) is 0 Å². The summed E-state index contributed by atoms with van der Waals surface area (Å²) in [6.07, 6.45) is 2.26. The number of methoxy groups -OCH3 is 1. The third-order valence-corrected chi connectivity index (χ3v) is 5.25. The Labute approximate surface area is 173 Å². The zero-order chi connectivity index (χ0) is 21.4. The maximum atomic E-state index is 13.0. The first-order valence-corrected chi connectivity index (χ1v) is 10.2. The van der Waals surface area contributed by atoms with Gasteiger partial charge < -0.3 is 15.4 Å². The molecule has 0 aliphatic heterocycles. The number of aryl methyl sites for hydroxylation is 2. The fourth-order valence-corrected chi connectivity index (χ4v) is 3.22. The standard InChI is InChI=1S/C24H32N2O3/c1-6-17-12-10-13-18(7-2)21(17)26-23(28)24(3,4)22(27)25-16-15-19-11-8-9-14-20(19)29-5/h8-14H,6-7,15-16H2,1-5H3,(H,25,27)(H,26,28). The van der Waals surface area contributed by atoms with Gasteiger partial charge in [0.1, 0.15) is 11.2 Å². The van der Waals surface area contributed by atoms with Gasteiger partial charge in [-0.15, -0.1) is 0 Å². The summed E-state index contributed by atoms with van der Waals surface area (Å²) in [7, 11) is 1.63. The molecule has 0 atom stereocenters. The highest BCUT2D eigenvalue weighted by Gasteiger charge is 2.36. The van der Waals surface area contributed by atoms with E-state index in [4.69, 9.17) is 4.74 Å². The minimum atomic E-state index is -1.19. The Morgan fingerprint density at radius 1 is 0.897 bits per heavy atom. The summed E-state index contributed by atoms with van der Waals surface area (Å²) in [4.78, 5) is 25.7. The third kappa shape index (κ3) is 5.37. The Bertz CT molecular complexity index is 837. The normalized spacial score (nSPS) is 11.1. The van der Waals surface area contributed by atoms with Crippen molar-refractivity contribution in [2.45, 2.75) is 47.0 Å². The summed E-state index contributed by atoms with van der Waals surface area (Å²) in [6.45, 7) is 7.85. The molecule has 0 radical (unpaired) electrons. The van der Waals surface area contributed by atoms with Crippen LogP contribution in [-0.2, 0) is 28.9 Å². The average molecular weight is 397 g/mol. The van der Waals surface area contributed by atoms with Gasteiger partial charge in [0.15, 0.2) is 0 Å². The number of hydrogen-bond acceptors (Lipinski definition) is 3. The molecule has 0 aromatic heterocycles. The van der Waals surface area contributed by atoms with Crippen molar-refractivity contribution in [2.24, 2.45) is 5.41 Å². The summed E-state index contributed by atoms with van der Waals surface area (Å²) in [5.74, 6) is 0.196. The minimum Gasteiger partial charge on any atom is -0.496 e. The van der Waals surface area contributed by atoms with Crippen molar-refractivity contribution < 1.29 is 14.3 Å². The van der Waals surface area contributed by atoms with Crippen molar-refractivity contribution in [3.05, 3.63) is 59.2 Å². The Kier molecular flexibility index (Phi) is 7.82. The average Bonchev–Trinajstić information content (AvgIpc) is 2.73. The van der Waals surface area contributed by atoms with E-state index in [9.17, 15) is 9.59 Å². The van der Waals surface area contributed by atoms with E-state index in [1.165, 1.54) is 0 Å². The molecule has 2 aromatic rings. The highest BCUT2D eigenvalue weighted by Crippen LogP contribution is 2.26. The van der Waals surface area contributed by atoms with Crippen LogP contribution in [0, 0.1) is 5.41 Å². The first kappa shape index (κ1) is 22.5. The predicted octanol–water partition coefficient (Wildman–Crippen LogP) is 4.14. The van der Waals surface area contributed by atoms with Gasteiger partial charge in [0, 0.05) is 12.2 Å². The number of carbonyl (C=O) groups excluding carboxylic acids is 2. The molecule has 2 rings (SSSR count). The quantitative estimate of drug-likeness (QED) is 0.626. The monoisotopic (exact) mass is 396 g/mol. The van der Waals surface area contributed by atoms with Crippen molar-refractivity contribution in [3.8, 4) is 5.75 Å². The molecule has 0 heterocycles. The van der Waals surface area contributed by atoms with Crippen LogP contribution in [0.15, 0.2) is 42.5 Å². The molecule has 2 amide bonds. The van der Waals surface area contributed by atoms with Crippen LogP contribution in [-0.4, -0.2) is 25.5 Å². The molecule has 5 heteroatoms. The number of carbonyl (C=O) groups is 2. The predicted molar refractivity (Wildman–Crippen MR) is 117 cm³/mol. The van der Waals surface area contributed by atoms with Crippen molar-refractivity contribution in [2.75, 3.05) is 19.0 Å². The van der Waals surface area contributed by atoms with Gasteiger partial charge in [-0.1, -0.05) is 50.2 Å². The van der Waals surface area contributed by atoms with Crippen LogP contribution < -0.4 is 15.4 Å².